The lowest BCUT2D eigenvalue weighted by molar-refractivity contribution is -0.165. The Labute approximate surface area is 153 Å². The average molecular weight is 373 g/mol. The molecule has 0 unspecified atom stereocenters. The van der Waals surface area contributed by atoms with E-state index in [1.807, 2.05) is 0 Å². The molecule has 2 rings (SSSR count). The van der Waals surface area contributed by atoms with Gasteiger partial charge in [-0.25, -0.2) is 10.9 Å². The van der Waals surface area contributed by atoms with Crippen LogP contribution < -0.4 is 21.5 Å². The second kappa shape index (κ2) is 9.66. The van der Waals surface area contributed by atoms with Crippen molar-refractivity contribution < 1.29 is 13.2 Å². The van der Waals surface area contributed by atoms with Crippen LogP contribution in [0.4, 0.5) is 13.2 Å². The van der Waals surface area contributed by atoms with Crippen molar-refractivity contribution in [3.63, 3.8) is 0 Å². The molecule has 0 aliphatic carbocycles. The summed E-state index contributed by atoms with van der Waals surface area (Å²) in [5.41, 5.74) is 3.52. The Balaban J connectivity index is 1.74. The zero-order valence-corrected chi connectivity index (χ0v) is 15.5. The Morgan fingerprint density at radius 2 is 1.58 bits per heavy atom. The summed E-state index contributed by atoms with van der Waals surface area (Å²) in [4.78, 5) is 2.41. The van der Waals surface area contributed by atoms with Crippen molar-refractivity contribution in [3.8, 4) is 0 Å². The third-order valence-corrected chi connectivity index (χ3v) is 4.52. The van der Waals surface area contributed by atoms with Crippen molar-refractivity contribution in [1.29, 1.82) is 0 Å². The standard InChI is InChI=1S/C18H30F3N5/c1-3-11-26(12-9-22-4-2)13-10-23-14-15-5-7-16(8-6-15)17(24-25-17)18(19,20)21/h5-8,22-25H,3-4,9-14H2,1-2H3. The van der Waals surface area contributed by atoms with E-state index in [2.05, 4.69) is 40.2 Å². The number of nitrogens with zero attached hydrogens (tertiary/aromatic N) is 1. The molecule has 1 aromatic carbocycles. The molecule has 0 bridgehead atoms. The predicted molar refractivity (Wildman–Crippen MR) is 97.4 cm³/mol. The van der Waals surface area contributed by atoms with Gasteiger partial charge in [0.15, 0.2) is 0 Å². The van der Waals surface area contributed by atoms with E-state index < -0.39 is 11.8 Å². The fourth-order valence-corrected chi connectivity index (χ4v) is 2.92. The quantitative estimate of drug-likeness (QED) is 0.333. The fourth-order valence-electron chi connectivity index (χ4n) is 2.92. The molecule has 0 atom stereocenters. The van der Waals surface area contributed by atoms with E-state index in [9.17, 15) is 13.2 Å². The van der Waals surface area contributed by atoms with Crippen molar-refractivity contribution in [2.24, 2.45) is 0 Å². The summed E-state index contributed by atoms with van der Waals surface area (Å²) >= 11 is 0. The number of nitrogens with one attached hydrogen (secondary N) is 4. The van der Waals surface area contributed by atoms with Crippen LogP contribution in [0.1, 0.15) is 31.4 Å². The van der Waals surface area contributed by atoms with Gasteiger partial charge in [-0.05, 0) is 30.6 Å². The maximum Gasteiger partial charge on any atom is 0.426 e. The number of rotatable bonds is 12. The van der Waals surface area contributed by atoms with Gasteiger partial charge in [-0.3, -0.25) is 0 Å². The van der Waals surface area contributed by atoms with Crippen molar-refractivity contribution in [2.45, 2.75) is 38.7 Å². The average Bonchev–Trinajstić information content (AvgIpc) is 3.41. The first-order valence-electron chi connectivity index (χ1n) is 9.27. The monoisotopic (exact) mass is 373 g/mol. The number of likely N-dealkylation sites (N-methyl/N-ethyl adjacent to an activating group) is 1. The molecule has 148 valence electrons. The number of halogens is 3. The van der Waals surface area contributed by atoms with Gasteiger partial charge in [0.05, 0.1) is 0 Å². The van der Waals surface area contributed by atoms with Gasteiger partial charge in [0.25, 0.3) is 0 Å². The summed E-state index contributed by atoms with van der Waals surface area (Å²) < 4.78 is 39.1. The van der Waals surface area contributed by atoms with Gasteiger partial charge in [-0.2, -0.15) is 13.2 Å². The maximum atomic E-state index is 13.0. The third-order valence-electron chi connectivity index (χ3n) is 4.52. The van der Waals surface area contributed by atoms with Gasteiger partial charge >= 0.3 is 6.18 Å². The molecule has 0 amide bonds. The minimum absolute atomic E-state index is 0.186. The number of hydrogen-bond donors (Lipinski definition) is 4. The zero-order chi connectivity index (χ0) is 19.0. The number of benzene rings is 1. The SMILES string of the molecule is CCCN(CCNCC)CCNCc1ccc(C2(C(F)(F)F)NN2)cc1. The van der Waals surface area contributed by atoms with Crippen LogP contribution >= 0.6 is 0 Å². The molecule has 1 saturated heterocycles. The number of hydrogen-bond acceptors (Lipinski definition) is 5. The summed E-state index contributed by atoms with van der Waals surface area (Å²) in [6.45, 7) is 10.8. The van der Waals surface area contributed by atoms with E-state index >= 15 is 0 Å². The van der Waals surface area contributed by atoms with Gasteiger partial charge in [-0.1, -0.05) is 38.1 Å². The Hall–Kier alpha value is -1.19. The predicted octanol–water partition coefficient (Wildman–Crippen LogP) is 1.92. The minimum Gasteiger partial charge on any atom is -0.316 e. The van der Waals surface area contributed by atoms with Gasteiger partial charge < -0.3 is 15.5 Å². The van der Waals surface area contributed by atoms with Crippen molar-refractivity contribution in [2.75, 3.05) is 39.3 Å². The van der Waals surface area contributed by atoms with Crippen LogP contribution in [0.15, 0.2) is 24.3 Å². The van der Waals surface area contributed by atoms with Crippen LogP contribution in [-0.4, -0.2) is 50.3 Å². The number of hydrazine groups is 1. The summed E-state index contributed by atoms with van der Waals surface area (Å²) in [7, 11) is 0. The van der Waals surface area contributed by atoms with Gasteiger partial charge in [0.2, 0.25) is 5.66 Å². The highest BCUT2D eigenvalue weighted by atomic mass is 19.4. The highest BCUT2D eigenvalue weighted by Gasteiger charge is 2.65. The highest BCUT2D eigenvalue weighted by molar-refractivity contribution is 5.32. The molecule has 1 aliphatic rings. The molecule has 1 aliphatic heterocycles. The molecular formula is C18H30F3N5. The summed E-state index contributed by atoms with van der Waals surface area (Å²) in [5.74, 6) is 0. The van der Waals surface area contributed by atoms with Crippen molar-refractivity contribution >= 4 is 0 Å². The maximum absolute atomic E-state index is 13.0. The molecule has 0 saturated carbocycles. The fraction of sp³-hybridized carbons (Fsp3) is 0.667. The van der Waals surface area contributed by atoms with E-state index in [-0.39, 0.29) is 5.56 Å². The van der Waals surface area contributed by atoms with E-state index in [4.69, 9.17) is 0 Å². The van der Waals surface area contributed by atoms with Crippen molar-refractivity contribution in [1.82, 2.24) is 26.4 Å². The van der Waals surface area contributed by atoms with Crippen LogP contribution in [0.2, 0.25) is 0 Å². The van der Waals surface area contributed by atoms with Crippen LogP contribution in [0.25, 0.3) is 0 Å². The molecular weight excluding hydrogens is 343 g/mol. The molecule has 1 fully saturated rings. The lowest BCUT2D eigenvalue weighted by Crippen LogP contribution is -2.37. The Kier molecular flexibility index (Phi) is 7.85. The first-order valence-corrected chi connectivity index (χ1v) is 9.27. The molecule has 26 heavy (non-hydrogen) atoms. The van der Waals surface area contributed by atoms with E-state index in [1.165, 1.54) is 12.1 Å². The topological polar surface area (TPSA) is 71.2 Å². The Morgan fingerprint density at radius 1 is 0.962 bits per heavy atom. The normalized spacial score (nSPS) is 16.2. The van der Waals surface area contributed by atoms with Gasteiger partial charge in [0.1, 0.15) is 0 Å². The van der Waals surface area contributed by atoms with Gasteiger partial charge in [-0.15, -0.1) is 0 Å². The largest absolute Gasteiger partial charge is 0.426 e. The van der Waals surface area contributed by atoms with E-state index in [0.717, 1.165) is 51.3 Å². The van der Waals surface area contributed by atoms with Crippen LogP contribution in [0, 0.1) is 0 Å². The molecule has 0 radical (unpaired) electrons. The lowest BCUT2D eigenvalue weighted by Gasteiger charge is -2.22. The van der Waals surface area contributed by atoms with Crippen LogP contribution in [0.3, 0.4) is 0 Å². The highest BCUT2D eigenvalue weighted by Crippen LogP contribution is 2.41. The number of alkyl halides is 3. The molecule has 4 N–H and O–H groups in total. The zero-order valence-electron chi connectivity index (χ0n) is 15.5. The molecule has 0 aromatic heterocycles. The second-order valence-electron chi connectivity index (χ2n) is 6.57. The molecule has 0 spiro atoms. The summed E-state index contributed by atoms with van der Waals surface area (Å²) in [6.07, 6.45) is -3.24. The molecule has 5 nitrogen and oxygen atoms in total. The molecule has 8 heteroatoms. The van der Waals surface area contributed by atoms with Crippen molar-refractivity contribution in [3.05, 3.63) is 35.4 Å². The van der Waals surface area contributed by atoms with Gasteiger partial charge in [0, 0.05) is 32.7 Å². The van der Waals surface area contributed by atoms with Crippen LogP contribution in [-0.2, 0) is 12.2 Å². The summed E-state index contributed by atoms with van der Waals surface area (Å²) in [5, 5.41) is 6.70. The minimum atomic E-state index is -4.36. The third kappa shape index (κ3) is 5.65. The first kappa shape index (κ1) is 21.1. The van der Waals surface area contributed by atoms with E-state index in [0.29, 0.717) is 6.54 Å². The smallest absolute Gasteiger partial charge is 0.316 e. The molecule has 1 heterocycles. The van der Waals surface area contributed by atoms with Crippen LogP contribution in [0.5, 0.6) is 0 Å². The first-order chi connectivity index (χ1) is 12.4. The molecule has 1 aromatic rings. The lowest BCUT2D eigenvalue weighted by atomic mass is 10.0. The Bertz CT molecular complexity index is 529. The van der Waals surface area contributed by atoms with E-state index in [1.54, 1.807) is 12.1 Å². The second-order valence-corrected chi connectivity index (χ2v) is 6.57. The summed E-state index contributed by atoms with van der Waals surface area (Å²) in [6, 6.07) is 6.54. The Morgan fingerprint density at radius 3 is 2.08 bits per heavy atom.